The van der Waals surface area contributed by atoms with Gasteiger partial charge in [-0.05, 0) is 49.2 Å². The Morgan fingerprint density at radius 2 is 1.93 bits per heavy atom. The van der Waals surface area contributed by atoms with E-state index in [-0.39, 0.29) is 11.9 Å². The van der Waals surface area contributed by atoms with E-state index in [9.17, 15) is 4.79 Å². The third kappa shape index (κ3) is 4.13. The van der Waals surface area contributed by atoms with Crippen molar-refractivity contribution in [3.63, 3.8) is 0 Å². The molecule has 2 aromatic carbocycles. The summed E-state index contributed by atoms with van der Waals surface area (Å²) in [4.78, 5) is 18.9. The van der Waals surface area contributed by atoms with E-state index in [1.165, 1.54) is 0 Å². The zero-order chi connectivity index (χ0) is 19.5. The van der Waals surface area contributed by atoms with Crippen molar-refractivity contribution >= 4 is 34.9 Å². The minimum atomic E-state index is -0.185. The van der Waals surface area contributed by atoms with Crippen molar-refractivity contribution < 1.29 is 9.32 Å². The molecule has 4 rings (SSSR count). The molecule has 1 atom stereocenters. The van der Waals surface area contributed by atoms with Crippen LogP contribution in [0.4, 0.5) is 10.5 Å². The summed E-state index contributed by atoms with van der Waals surface area (Å²) < 4.78 is 5.48. The van der Waals surface area contributed by atoms with Gasteiger partial charge in [-0.1, -0.05) is 40.5 Å². The first-order valence-corrected chi connectivity index (χ1v) is 9.76. The fraction of sp³-hybridized carbons (Fsp3) is 0.250. The van der Waals surface area contributed by atoms with Crippen LogP contribution in [0, 0.1) is 0 Å². The Morgan fingerprint density at radius 1 is 1.14 bits per heavy atom. The lowest BCUT2D eigenvalue weighted by molar-refractivity contribution is 0.184. The maximum Gasteiger partial charge on any atom is 0.321 e. The highest BCUT2D eigenvalue weighted by atomic mass is 35.5. The molecule has 0 spiro atoms. The second-order valence-corrected chi connectivity index (χ2v) is 7.50. The second-order valence-electron chi connectivity index (χ2n) is 6.66. The average molecular weight is 417 g/mol. The number of halogens is 2. The molecule has 1 fully saturated rings. The van der Waals surface area contributed by atoms with Crippen LogP contribution < -0.4 is 5.32 Å². The van der Waals surface area contributed by atoms with Crippen molar-refractivity contribution in [1.29, 1.82) is 0 Å². The Hall–Kier alpha value is -2.57. The maximum atomic E-state index is 12.6. The van der Waals surface area contributed by atoms with Crippen molar-refractivity contribution in [2.45, 2.75) is 18.8 Å². The van der Waals surface area contributed by atoms with E-state index in [1.54, 1.807) is 29.2 Å². The number of para-hydroxylation sites is 1. The van der Waals surface area contributed by atoms with E-state index in [4.69, 9.17) is 27.7 Å². The highest BCUT2D eigenvalue weighted by molar-refractivity contribution is 6.33. The van der Waals surface area contributed by atoms with Crippen LogP contribution in [0.5, 0.6) is 0 Å². The quantitative estimate of drug-likeness (QED) is 0.615. The van der Waals surface area contributed by atoms with Crippen LogP contribution in [0.25, 0.3) is 11.4 Å². The van der Waals surface area contributed by atoms with E-state index in [1.807, 2.05) is 24.3 Å². The van der Waals surface area contributed by atoms with Crippen LogP contribution in [0.2, 0.25) is 10.0 Å². The Morgan fingerprint density at radius 3 is 2.71 bits per heavy atom. The highest BCUT2D eigenvalue weighted by Crippen LogP contribution is 2.29. The van der Waals surface area contributed by atoms with Crippen LogP contribution in [0.1, 0.15) is 24.7 Å². The number of amides is 2. The van der Waals surface area contributed by atoms with E-state index in [0.717, 1.165) is 18.4 Å². The third-order valence-electron chi connectivity index (χ3n) is 4.72. The largest absolute Gasteiger partial charge is 0.339 e. The van der Waals surface area contributed by atoms with Gasteiger partial charge in [0.25, 0.3) is 0 Å². The molecule has 0 aliphatic carbocycles. The Balaban J connectivity index is 1.44. The SMILES string of the molecule is O=C(Nc1ccccc1Cl)N1CCC[C@H](c2nc(-c3ccc(Cl)cc3)no2)C1. The number of benzene rings is 2. The normalized spacial score (nSPS) is 16.8. The molecule has 0 bridgehead atoms. The molecule has 0 unspecified atom stereocenters. The average Bonchev–Trinajstić information content (AvgIpc) is 3.21. The number of aromatic nitrogens is 2. The summed E-state index contributed by atoms with van der Waals surface area (Å²) in [6, 6.07) is 14.3. The molecular formula is C20H18Cl2N4O2. The maximum absolute atomic E-state index is 12.6. The number of nitrogens with one attached hydrogen (secondary N) is 1. The molecule has 2 amide bonds. The highest BCUT2D eigenvalue weighted by Gasteiger charge is 2.29. The summed E-state index contributed by atoms with van der Waals surface area (Å²) in [7, 11) is 0. The summed E-state index contributed by atoms with van der Waals surface area (Å²) in [5.41, 5.74) is 1.43. The van der Waals surface area contributed by atoms with Crippen LogP contribution >= 0.6 is 23.2 Å². The van der Waals surface area contributed by atoms with Crippen LogP contribution in [0.15, 0.2) is 53.1 Å². The van der Waals surface area contributed by atoms with Gasteiger partial charge in [0.15, 0.2) is 0 Å². The summed E-state index contributed by atoms with van der Waals surface area (Å²) in [5.74, 6) is 1.06. The number of hydrogen-bond donors (Lipinski definition) is 1. The molecule has 1 N–H and O–H groups in total. The molecule has 144 valence electrons. The van der Waals surface area contributed by atoms with Gasteiger partial charge < -0.3 is 14.7 Å². The van der Waals surface area contributed by atoms with E-state index in [0.29, 0.717) is 40.5 Å². The van der Waals surface area contributed by atoms with Gasteiger partial charge >= 0.3 is 6.03 Å². The van der Waals surface area contributed by atoms with Crippen molar-refractivity contribution in [3.8, 4) is 11.4 Å². The molecule has 3 aromatic rings. The Bertz CT molecular complexity index is 974. The minimum Gasteiger partial charge on any atom is -0.339 e. The van der Waals surface area contributed by atoms with E-state index in [2.05, 4.69) is 15.5 Å². The van der Waals surface area contributed by atoms with Crippen molar-refractivity contribution in [3.05, 3.63) is 64.5 Å². The zero-order valence-corrected chi connectivity index (χ0v) is 16.5. The summed E-state index contributed by atoms with van der Waals surface area (Å²) >= 11 is 12.1. The van der Waals surface area contributed by atoms with E-state index < -0.39 is 0 Å². The number of nitrogens with zero attached hydrogens (tertiary/aromatic N) is 3. The van der Waals surface area contributed by atoms with Crippen LogP contribution in [0.3, 0.4) is 0 Å². The topological polar surface area (TPSA) is 71.3 Å². The summed E-state index contributed by atoms with van der Waals surface area (Å²) in [6.07, 6.45) is 1.75. The Kier molecular flexibility index (Phi) is 5.50. The van der Waals surface area contributed by atoms with Crippen molar-refractivity contribution in [2.24, 2.45) is 0 Å². The molecule has 1 aliphatic heterocycles. The van der Waals surface area contributed by atoms with Gasteiger partial charge in [0.05, 0.1) is 16.6 Å². The van der Waals surface area contributed by atoms with Gasteiger partial charge in [0.2, 0.25) is 11.7 Å². The number of rotatable bonds is 3. The van der Waals surface area contributed by atoms with Crippen LogP contribution in [-0.2, 0) is 0 Å². The summed E-state index contributed by atoms with van der Waals surface area (Å²) in [6.45, 7) is 1.18. The lowest BCUT2D eigenvalue weighted by Crippen LogP contribution is -2.41. The Labute approximate surface area is 172 Å². The molecule has 2 heterocycles. The van der Waals surface area contributed by atoms with Crippen molar-refractivity contribution in [2.75, 3.05) is 18.4 Å². The molecule has 0 radical (unpaired) electrons. The number of hydrogen-bond acceptors (Lipinski definition) is 4. The van der Waals surface area contributed by atoms with E-state index >= 15 is 0 Å². The molecule has 28 heavy (non-hydrogen) atoms. The second kappa shape index (κ2) is 8.20. The first kappa shape index (κ1) is 18.8. The number of carbonyl (C=O) groups excluding carboxylic acids is 1. The fourth-order valence-electron chi connectivity index (χ4n) is 3.24. The standard InChI is InChI=1S/C20H18Cl2N4O2/c21-15-9-7-13(8-10-15)18-24-19(28-25-18)14-4-3-11-26(12-14)20(27)23-17-6-2-1-5-16(17)22/h1-2,5-10,14H,3-4,11-12H2,(H,23,27)/t14-/m0/s1. The number of anilines is 1. The predicted molar refractivity (Wildman–Crippen MR) is 109 cm³/mol. The summed E-state index contributed by atoms with van der Waals surface area (Å²) in [5, 5.41) is 8.10. The number of piperidine rings is 1. The molecule has 1 aliphatic rings. The van der Waals surface area contributed by atoms with Crippen molar-refractivity contribution in [1.82, 2.24) is 15.0 Å². The lowest BCUT2D eigenvalue weighted by Gasteiger charge is -2.31. The first-order valence-electron chi connectivity index (χ1n) is 9.00. The van der Waals surface area contributed by atoms with Crippen LogP contribution in [-0.4, -0.2) is 34.2 Å². The molecule has 0 saturated carbocycles. The van der Waals surface area contributed by atoms with Gasteiger partial charge in [-0.25, -0.2) is 4.79 Å². The molecule has 8 heteroatoms. The first-order chi connectivity index (χ1) is 13.6. The zero-order valence-electron chi connectivity index (χ0n) is 14.9. The number of urea groups is 1. The number of likely N-dealkylation sites (tertiary alicyclic amines) is 1. The third-order valence-corrected chi connectivity index (χ3v) is 5.30. The van der Waals surface area contributed by atoms with Gasteiger partial charge in [-0.3, -0.25) is 0 Å². The van der Waals surface area contributed by atoms with Gasteiger partial charge in [0, 0.05) is 23.7 Å². The van der Waals surface area contributed by atoms with Gasteiger partial charge in [0.1, 0.15) is 0 Å². The smallest absolute Gasteiger partial charge is 0.321 e. The molecule has 6 nitrogen and oxygen atoms in total. The monoisotopic (exact) mass is 416 g/mol. The number of carbonyl (C=O) groups is 1. The molecular weight excluding hydrogens is 399 g/mol. The van der Waals surface area contributed by atoms with Gasteiger partial charge in [-0.2, -0.15) is 4.98 Å². The fourth-order valence-corrected chi connectivity index (χ4v) is 3.55. The minimum absolute atomic E-state index is 0.000652. The molecule has 1 saturated heterocycles. The predicted octanol–water partition coefficient (Wildman–Crippen LogP) is 5.45. The van der Waals surface area contributed by atoms with Gasteiger partial charge in [-0.15, -0.1) is 0 Å². The molecule has 1 aromatic heterocycles. The lowest BCUT2D eigenvalue weighted by atomic mass is 9.98.